The lowest BCUT2D eigenvalue weighted by molar-refractivity contribution is 0.436. The molecule has 0 amide bonds. The molecular formula is C54H33N3O. The van der Waals surface area contributed by atoms with Gasteiger partial charge in [0.2, 0.25) is 0 Å². The molecule has 1 aliphatic heterocycles. The molecular weight excluding hydrogens is 707 g/mol. The first-order valence-electron chi connectivity index (χ1n) is 19.7. The van der Waals surface area contributed by atoms with E-state index >= 15 is 0 Å². The summed E-state index contributed by atoms with van der Waals surface area (Å²) in [5, 5.41) is 3.43. The smallest absolute Gasteiger partial charge is 0.160 e. The molecule has 2 aliphatic rings. The van der Waals surface area contributed by atoms with Crippen molar-refractivity contribution in [2.45, 2.75) is 5.41 Å². The number of ether oxygens (including phenoxy) is 1. The fourth-order valence-corrected chi connectivity index (χ4v) is 9.47. The van der Waals surface area contributed by atoms with E-state index < -0.39 is 5.41 Å². The fraction of sp³-hybridized carbons (Fsp3) is 0.0185. The maximum Gasteiger partial charge on any atom is 0.160 e. The highest BCUT2D eigenvalue weighted by Gasteiger charge is 2.51. The monoisotopic (exact) mass is 739 g/mol. The van der Waals surface area contributed by atoms with E-state index in [0.717, 1.165) is 78.1 Å². The van der Waals surface area contributed by atoms with Crippen molar-refractivity contribution in [2.75, 3.05) is 0 Å². The number of aromatic nitrogens is 3. The topological polar surface area (TPSA) is 47.9 Å². The van der Waals surface area contributed by atoms with Crippen LogP contribution in [0.2, 0.25) is 0 Å². The summed E-state index contributed by atoms with van der Waals surface area (Å²) in [5.74, 6) is 2.35. The Hall–Kier alpha value is -7.69. The zero-order valence-corrected chi connectivity index (χ0v) is 31.3. The number of rotatable bonds is 4. The summed E-state index contributed by atoms with van der Waals surface area (Å²) in [4.78, 5) is 15.4. The molecule has 0 saturated heterocycles. The van der Waals surface area contributed by atoms with Crippen LogP contribution in [0.4, 0.5) is 0 Å². The van der Waals surface area contributed by atoms with Crippen molar-refractivity contribution in [2.24, 2.45) is 0 Å². The molecule has 2 aromatic heterocycles. The number of para-hydroxylation sites is 1. The van der Waals surface area contributed by atoms with Gasteiger partial charge in [-0.25, -0.2) is 9.97 Å². The van der Waals surface area contributed by atoms with Crippen molar-refractivity contribution in [1.82, 2.24) is 15.0 Å². The van der Waals surface area contributed by atoms with Crippen LogP contribution in [0.25, 0.3) is 77.8 Å². The molecule has 4 nitrogen and oxygen atoms in total. The standard InChI is InChI=1S/C54H33N3O/c1-2-14-36(15-3-1)53-56-48(33-49(57-53)43-23-10-16-34-13-4-5-19-39(34)43)38-27-29-51-47(32-38)54(44-24-8-6-20-41(44)42-21-7-9-25-45(42)54)46-31-37(26-28-50(46)58-51)40-22-11-17-35-18-12-30-55-52(35)40/h1-33H. The summed E-state index contributed by atoms with van der Waals surface area (Å²) >= 11 is 0. The van der Waals surface area contributed by atoms with Gasteiger partial charge in [-0.2, -0.15) is 0 Å². The third kappa shape index (κ3) is 4.79. The van der Waals surface area contributed by atoms with Gasteiger partial charge in [0, 0.05) is 45.0 Å². The minimum absolute atomic E-state index is 0.673. The summed E-state index contributed by atoms with van der Waals surface area (Å²) in [5.41, 5.74) is 14.3. The molecule has 0 fully saturated rings. The van der Waals surface area contributed by atoms with Crippen molar-refractivity contribution >= 4 is 21.7 Å². The number of pyridine rings is 1. The molecule has 0 saturated carbocycles. The fourth-order valence-electron chi connectivity index (χ4n) is 9.47. The predicted molar refractivity (Wildman–Crippen MR) is 234 cm³/mol. The summed E-state index contributed by atoms with van der Waals surface area (Å²) < 4.78 is 6.95. The Bertz CT molecular complexity index is 3220. The average Bonchev–Trinajstić information content (AvgIpc) is 3.59. The van der Waals surface area contributed by atoms with Gasteiger partial charge >= 0.3 is 0 Å². The van der Waals surface area contributed by atoms with Gasteiger partial charge in [0.1, 0.15) is 11.5 Å². The first kappa shape index (κ1) is 32.5. The Labute approximate surface area is 335 Å². The highest BCUT2D eigenvalue weighted by Crippen LogP contribution is 2.62. The quantitative estimate of drug-likeness (QED) is 0.180. The number of hydrogen-bond donors (Lipinski definition) is 0. The van der Waals surface area contributed by atoms with E-state index in [1.807, 2.05) is 30.5 Å². The highest BCUT2D eigenvalue weighted by atomic mass is 16.5. The van der Waals surface area contributed by atoms with Gasteiger partial charge in [-0.15, -0.1) is 0 Å². The van der Waals surface area contributed by atoms with E-state index in [1.54, 1.807) is 0 Å². The van der Waals surface area contributed by atoms with Crippen LogP contribution < -0.4 is 4.74 Å². The van der Waals surface area contributed by atoms with Gasteiger partial charge in [-0.1, -0.05) is 152 Å². The molecule has 3 heterocycles. The molecule has 270 valence electrons. The SMILES string of the molecule is c1ccc(-c2nc(-c3ccc4c(c3)C3(c5cc(-c6cccc7cccnc67)ccc5O4)c4ccccc4-c4ccccc43)cc(-c3cccc4ccccc34)n2)cc1. The largest absolute Gasteiger partial charge is 0.457 e. The van der Waals surface area contributed by atoms with Crippen molar-refractivity contribution in [3.8, 4) is 67.7 Å². The predicted octanol–water partition coefficient (Wildman–Crippen LogP) is 13.3. The van der Waals surface area contributed by atoms with Gasteiger partial charge in [-0.3, -0.25) is 4.98 Å². The maximum atomic E-state index is 6.95. The van der Waals surface area contributed by atoms with Gasteiger partial charge in [0.15, 0.2) is 5.82 Å². The zero-order chi connectivity index (χ0) is 38.2. The van der Waals surface area contributed by atoms with Crippen LogP contribution in [0, 0.1) is 0 Å². The molecule has 0 atom stereocenters. The van der Waals surface area contributed by atoms with Crippen LogP contribution in [0.3, 0.4) is 0 Å². The minimum Gasteiger partial charge on any atom is -0.457 e. The first-order valence-corrected chi connectivity index (χ1v) is 19.7. The summed E-state index contributed by atoms with van der Waals surface area (Å²) in [6.45, 7) is 0. The molecule has 58 heavy (non-hydrogen) atoms. The van der Waals surface area contributed by atoms with Crippen LogP contribution in [-0.2, 0) is 5.41 Å². The molecule has 1 spiro atoms. The van der Waals surface area contributed by atoms with Gasteiger partial charge in [0.25, 0.3) is 0 Å². The number of benzene rings is 8. The lowest BCUT2D eigenvalue weighted by atomic mass is 9.65. The lowest BCUT2D eigenvalue weighted by Gasteiger charge is -2.40. The maximum absolute atomic E-state index is 6.95. The van der Waals surface area contributed by atoms with Crippen LogP contribution in [0.1, 0.15) is 22.3 Å². The molecule has 4 heteroatoms. The van der Waals surface area contributed by atoms with Crippen molar-refractivity contribution < 1.29 is 4.74 Å². The second kappa shape index (κ2) is 12.7. The highest BCUT2D eigenvalue weighted by molar-refractivity contribution is 5.97. The number of nitrogens with zero attached hydrogens (tertiary/aromatic N) is 3. The van der Waals surface area contributed by atoms with E-state index in [9.17, 15) is 0 Å². The van der Waals surface area contributed by atoms with Crippen molar-refractivity contribution in [3.05, 3.63) is 223 Å². The van der Waals surface area contributed by atoms with E-state index in [1.165, 1.54) is 27.6 Å². The molecule has 12 rings (SSSR count). The summed E-state index contributed by atoms with van der Waals surface area (Å²) in [7, 11) is 0. The number of hydrogen-bond acceptors (Lipinski definition) is 4. The van der Waals surface area contributed by atoms with Crippen molar-refractivity contribution in [1.29, 1.82) is 0 Å². The Morgan fingerprint density at radius 3 is 1.76 bits per heavy atom. The van der Waals surface area contributed by atoms with Crippen LogP contribution >= 0.6 is 0 Å². The Balaban J connectivity index is 1.13. The van der Waals surface area contributed by atoms with Crippen molar-refractivity contribution in [3.63, 3.8) is 0 Å². The summed E-state index contributed by atoms with van der Waals surface area (Å²) in [6.07, 6.45) is 1.87. The normalized spacial score (nSPS) is 13.1. The number of fused-ring (bicyclic) bond motifs is 11. The molecule has 0 N–H and O–H groups in total. The van der Waals surface area contributed by atoms with Crippen LogP contribution in [0.15, 0.2) is 200 Å². The third-order valence-corrected chi connectivity index (χ3v) is 12.0. The average molecular weight is 740 g/mol. The van der Waals surface area contributed by atoms with Gasteiger partial charge < -0.3 is 4.74 Å². The second-order valence-electron chi connectivity index (χ2n) is 15.1. The van der Waals surface area contributed by atoms with Gasteiger partial charge in [0.05, 0.1) is 22.3 Å². The summed E-state index contributed by atoms with van der Waals surface area (Å²) in [6, 6.07) is 68.8. The van der Waals surface area contributed by atoms with E-state index in [-0.39, 0.29) is 0 Å². The molecule has 8 aromatic carbocycles. The van der Waals surface area contributed by atoms with E-state index in [2.05, 4.69) is 170 Å². The molecule has 0 unspecified atom stereocenters. The Morgan fingerprint density at radius 2 is 0.966 bits per heavy atom. The first-order chi connectivity index (χ1) is 28.7. The Kier molecular flexibility index (Phi) is 7.11. The Morgan fingerprint density at radius 1 is 0.379 bits per heavy atom. The minimum atomic E-state index is -0.673. The van der Waals surface area contributed by atoms with Crippen LogP contribution in [0.5, 0.6) is 11.5 Å². The molecule has 0 bridgehead atoms. The van der Waals surface area contributed by atoms with E-state index in [4.69, 9.17) is 19.7 Å². The second-order valence-corrected chi connectivity index (χ2v) is 15.1. The van der Waals surface area contributed by atoms with E-state index in [0.29, 0.717) is 5.82 Å². The van der Waals surface area contributed by atoms with Gasteiger partial charge in [-0.05, 0) is 81.1 Å². The lowest BCUT2D eigenvalue weighted by Crippen LogP contribution is -2.32. The third-order valence-electron chi connectivity index (χ3n) is 12.0. The molecule has 1 aliphatic carbocycles. The molecule has 0 radical (unpaired) electrons. The zero-order valence-electron chi connectivity index (χ0n) is 31.3. The molecule has 10 aromatic rings. The van der Waals surface area contributed by atoms with Crippen LogP contribution in [-0.4, -0.2) is 15.0 Å².